The minimum absolute atomic E-state index is 0.0812. The molecule has 0 aliphatic heterocycles. The first-order chi connectivity index (χ1) is 25.0. The summed E-state index contributed by atoms with van der Waals surface area (Å²) in [7, 11) is 0. The van der Waals surface area contributed by atoms with E-state index >= 15 is 0 Å². The summed E-state index contributed by atoms with van der Waals surface area (Å²) in [5.74, 6) is -6.27. The summed E-state index contributed by atoms with van der Waals surface area (Å²) in [6.45, 7) is 0. The van der Waals surface area contributed by atoms with Crippen molar-refractivity contribution in [2.75, 3.05) is 0 Å². The van der Waals surface area contributed by atoms with Crippen LogP contribution >= 0.6 is 22.7 Å². The van der Waals surface area contributed by atoms with Crippen LogP contribution in [-0.4, -0.2) is 33.1 Å². The zero-order chi connectivity index (χ0) is 35.8. The average molecular weight is 733 g/mol. The highest BCUT2D eigenvalue weighted by atomic mass is 32.1. The summed E-state index contributed by atoms with van der Waals surface area (Å²) >= 11 is 2.65. The molecule has 0 amide bonds. The second-order valence-corrected chi connectivity index (χ2v) is 15.6. The van der Waals surface area contributed by atoms with Crippen LogP contribution in [0.2, 0.25) is 0 Å². The van der Waals surface area contributed by atoms with Gasteiger partial charge in [-0.25, -0.2) is 27.5 Å². The van der Waals surface area contributed by atoms with E-state index in [0.29, 0.717) is 31.6 Å². The molecule has 254 valence electrons. The molecule has 0 bridgehead atoms. The SMILES string of the molecule is O=C1C(=Cc2nc3c(s2)-c2sc(C=C4C(=O)c5cc6cc(F)c(F)cc6cc5C4=O)nc2C32CCCCC2)C(=O)c2cc3cc(F)c(F)cc3cc21. The van der Waals surface area contributed by atoms with Crippen LogP contribution in [0.15, 0.2) is 59.7 Å². The van der Waals surface area contributed by atoms with Crippen LogP contribution in [0.4, 0.5) is 17.6 Å². The summed E-state index contributed by atoms with van der Waals surface area (Å²) < 4.78 is 55.7. The quantitative estimate of drug-likeness (QED) is 0.100. The van der Waals surface area contributed by atoms with Crippen molar-refractivity contribution in [2.24, 2.45) is 0 Å². The predicted molar refractivity (Wildman–Crippen MR) is 188 cm³/mol. The van der Waals surface area contributed by atoms with Gasteiger partial charge in [0.25, 0.3) is 0 Å². The van der Waals surface area contributed by atoms with E-state index in [4.69, 9.17) is 9.97 Å². The van der Waals surface area contributed by atoms with Crippen molar-refractivity contribution in [3.8, 4) is 9.75 Å². The molecule has 2 heterocycles. The van der Waals surface area contributed by atoms with Crippen molar-refractivity contribution in [2.45, 2.75) is 37.5 Å². The minimum atomic E-state index is -1.05. The lowest BCUT2D eigenvalue weighted by molar-refractivity contribution is 0.0975. The molecular formula is C40H20F4N2O4S2. The number of allylic oxidation sites excluding steroid dienone is 2. The molecule has 0 radical (unpaired) electrons. The number of nitrogens with zero attached hydrogens (tertiary/aromatic N) is 2. The monoisotopic (exact) mass is 732 g/mol. The molecule has 0 unspecified atom stereocenters. The lowest BCUT2D eigenvalue weighted by atomic mass is 9.72. The van der Waals surface area contributed by atoms with E-state index in [2.05, 4.69) is 0 Å². The Labute approximate surface area is 299 Å². The van der Waals surface area contributed by atoms with E-state index in [0.717, 1.165) is 77.5 Å². The molecule has 1 fully saturated rings. The standard InChI is InChI=1S/C40H20F4N2O4S2/c41-26-10-16-6-20-21(7-17(16)11-27(26)42)33(48)24(32(20)47)14-30-45-38-36(51-30)37-39(40(38)4-2-1-3-5-40)46-31(52-37)15-25-34(49)22-8-18-12-28(43)29(44)13-19(18)9-23(22)35(25)50/h6-15H,1-5H2. The van der Waals surface area contributed by atoms with Gasteiger partial charge in [0.05, 0.1) is 37.7 Å². The van der Waals surface area contributed by atoms with Crippen LogP contribution in [-0.2, 0) is 5.41 Å². The van der Waals surface area contributed by atoms with Crippen molar-refractivity contribution >= 4 is 79.5 Å². The number of rotatable bonds is 2. The van der Waals surface area contributed by atoms with Gasteiger partial charge in [-0.1, -0.05) is 19.3 Å². The molecule has 52 heavy (non-hydrogen) atoms. The number of hydrogen-bond donors (Lipinski definition) is 0. The topological polar surface area (TPSA) is 94.1 Å². The molecule has 4 aliphatic rings. The summed E-state index contributed by atoms with van der Waals surface area (Å²) in [5, 5.41) is 2.13. The number of ketones is 4. The minimum Gasteiger partial charge on any atom is -0.288 e. The average Bonchev–Trinajstić information content (AvgIpc) is 3.89. The number of fused-ring (bicyclic) bond motifs is 9. The third-order valence-electron chi connectivity index (χ3n) is 10.6. The second-order valence-electron chi connectivity index (χ2n) is 13.6. The number of benzene rings is 4. The molecular weight excluding hydrogens is 713 g/mol. The van der Waals surface area contributed by atoms with Gasteiger partial charge in [-0.15, -0.1) is 22.7 Å². The number of hydrogen-bond acceptors (Lipinski definition) is 8. The van der Waals surface area contributed by atoms with Crippen LogP contribution in [0.25, 0.3) is 43.5 Å². The Morgan fingerprint density at radius 2 is 0.827 bits per heavy atom. The zero-order valence-electron chi connectivity index (χ0n) is 26.7. The fourth-order valence-corrected chi connectivity index (χ4v) is 10.5. The van der Waals surface area contributed by atoms with Crippen LogP contribution < -0.4 is 0 Å². The summed E-state index contributed by atoms with van der Waals surface area (Å²) in [4.78, 5) is 65.6. The fraction of sp³-hybridized carbons (Fsp3) is 0.150. The molecule has 6 aromatic rings. The van der Waals surface area contributed by atoms with Crippen molar-refractivity contribution in [1.29, 1.82) is 0 Å². The van der Waals surface area contributed by atoms with Gasteiger partial charge in [0, 0.05) is 22.3 Å². The van der Waals surface area contributed by atoms with Gasteiger partial charge in [0.1, 0.15) is 10.0 Å². The Balaban J connectivity index is 1.04. The van der Waals surface area contributed by atoms with Gasteiger partial charge in [-0.2, -0.15) is 0 Å². The van der Waals surface area contributed by atoms with Crippen molar-refractivity contribution in [3.05, 3.63) is 127 Å². The lowest BCUT2D eigenvalue weighted by Gasteiger charge is -2.32. The number of thiazole rings is 2. The van der Waals surface area contributed by atoms with E-state index in [-0.39, 0.29) is 33.4 Å². The fourth-order valence-electron chi connectivity index (χ4n) is 8.13. The molecule has 0 saturated heterocycles. The number of aromatic nitrogens is 2. The highest BCUT2D eigenvalue weighted by Gasteiger charge is 2.49. The van der Waals surface area contributed by atoms with Gasteiger partial charge < -0.3 is 0 Å². The van der Waals surface area contributed by atoms with Gasteiger partial charge in [0.2, 0.25) is 0 Å². The van der Waals surface area contributed by atoms with E-state index in [1.807, 2.05) is 0 Å². The van der Waals surface area contributed by atoms with E-state index < -0.39 is 51.8 Å². The van der Waals surface area contributed by atoms with Gasteiger partial charge in [0.15, 0.2) is 46.4 Å². The van der Waals surface area contributed by atoms with Crippen LogP contribution in [0.5, 0.6) is 0 Å². The molecule has 2 aromatic heterocycles. The first-order valence-corrected chi connectivity index (χ1v) is 18.1. The molecule has 0 N–H and O–H groups in total. The van der Waals surface area contributed by atoms with Gasteiger partial charge in [-0.3, -0.25) is 19.2 Å². The molecule has 0 atom stereocenters. The Morgan fingerprint density at radius 1 is 0.500 bits per heavy atom. The van der Waals surface area contributed by atoms with E-state index in [1.54, 1.807) is 0 Å². The summed E-state index contributed by atoms with van der Waals surface area (Å²) in [6, 6.07) is 9.64. The highest BCUT2D eigenvalue weighted by Crippen LogP contribution is 2.59. The molecule has 1 spiro atoms. The Bertz CT molecular complexity index is 2500. The zero-order valence-corrected chi connectivity index (χ0v) is 28.3. The maximum Gasteiger partial charge on any atom is 0.197 e. The van der Waals surface area contributed by atoms with Crippen LogP contribution in [0.3, 0.4) is 0 Å². The molecule has 1 saturated carbocycles. The second kappa shape index (κ2) is 10.8. The Hall–Kier alpha value is -5.46. The number of carbonyl (C=O) groups is 4. The molecule has 10 rings (SSSR count). The van der Waals surface area contributed by atoms with Crippen molar-refractivity contribution < 1.29 is 36.7 Å². The van der Waals surface area contributed by atoms with Crippen LogP contribution in [0.1, 0.15) is 94.9 Å². The predicted octanol–water partition coefficient (Wildman–Crippen LogP) is 9.62. The van der Waals surface area contributed by atoms with E-state index in [1.165, 1.54) is 59.1 Å². The summed E-state index contributed by atoms with van der Waals surface area (Å²) in [5.41, 5.74) is 1.47. The van der Waals surface area contributed by atoms with Crippen molar-refractivity contribution in [1.82, 2.24) is 9.97 Å². The van der Waals surface area contributed by atoms with Gasteiger partial charge >= 0.3 is 0 Å². The first-order valence-electron chi connectivity index (χ1n) is 16.5. The molecule has 6 nitrogen and oxygen atoms in total. The Morgan fingerprint density at radius 3 is 1.15 bits per heavy atom. The number of Topliss-reactive ketones (excluding diaryl/α,β-unsaturated/α-hetero) is 4. The normalized spacial score (nSPS) is 17.1. The smallest absolute Gasteiger partial charge is 0.197 e. The maximum atomic E-state index is 13.9. The third kappa shape index (κ3) is 4.27. The van der Waals surface area contributed by atoms with E-state index in [9.17, 15) is 36.7 Å². The molecule has 4 aliphatic carbocycles. The van der Waals surface area contributed by atoms with Gasteiger partial charge in [-0.05, 0) is 95.1 Å². The third-order valence-corrected chi connectivity index (χ3v) is 12.8. The summed E-state index contributed by atoms with van der Waals surface area (Å²) in [6.07, 6.45) is 7.42. The lowest BCUT2D eigenvalue weighted by Crippen LogP contribution is -2.29. The van der Waals surface area contributed by atoms with Crippen molar-refractivity contribution in [3.63, 3.8) is 0 Å². The molecule has 12 heteroatoms. The first kappa shape index (κ1) is 31.3. The maximum absolute atomic E-state index is 13.9. The highest BCUT2D eigenvalue weighted by molar-refractivity contribution is 7.23. The van der Waals surface area contributed by atoms with Crippen LogP contribution in [0, 0.1) is 23.3 Å². The number of carbonyl (C=O) groups excluding carboxylic acids is 4. The number of halogens is 4. The molecule has 4 aromatic carbocycles. The Kier molecular flexibility index (Phi) is 6.49. The largest absolute Gasteiger partial charge is 0.288 e.